The van der Waals surface area contributed by atoms with Crippen LogP contribution in [0.3, 0.4) is 0 Å². The summed E-state index contributed by atoms with van der Waals surface area (Å²) in [5.41, 5.74) is 0.274. The summed E-state index contributed by atoms with van der Waals surface area (Å²) in [7, 11) is -3.81. The molecule has 2 saturated heterocycles. The molecule has 2 aromatic carbocycles. The maximum absolute atomic E-state index is 13.1. The minimum Gasteiger partial charge on any atom is -0.507 e. The highest BCUT2D eigenvalue weighted by Crippen LogP contribution is 2.33. The van der Waals surface area contributed by atoms with Gasteiger partial charge in [-0.1, -0.05) is 25.0 Å². The van der Waals surface area contributed by atoms with Gasteiger partial charge in [-0.2, -0.15) is 4.31 Å². The van der Waals surface area contributed by atoms with Crippen molar-refractivity contribution in [2.75, 3.05) is 44.2 Å². The van der Waals surface area contributed by atoms with Crippen LogP contribution in [0.4, 0.5) is 11.4 Å². The summed E-state index contributed by atoms with van der Waals surface area (Å²) < 4.78 is 27.6. The summed E-state index contributed by atoms with van der Waals surface area (Å²) in [6.07, 6.45) is 3.51. The number of piperazine rings is 1. The SMILES string of the molecule is O=C(c1ccccc1O)N1CCN(c2ccc(S(=O)(=O)N3CCCCCC3)cc2[N+](=O)[O-])CC1. The first-order valence-corrected chi connectivity index (χ1v) is 12.8. The second-order valence-electron chi connectivity index (χ2n) is 8.52. The fourth-order valence-electron chi connectivity index (χ4n) is 4.48. The van der Waals surface area contributed by atoms with E-state index in [4.69, 9.17) is 0 Å². The molecule has 0 radical (unpaired) electrons. The molecule has 2 heterocycles. The van der Waals surface area contributed by atoms with E-state index in [1.807, 2.05) is 0 Å². The number of hydrogen-bond acceptors (Lipinski definition) is 7. The third-order valence-corrected chi connectivity index (χ3v) is 8.28. The largest absolute Gasteiger partial charge is 0.507 e. The highest BCUT2D eigenvalue weighted by Gasteiger charge is 2.31. The highest BCUT2D eigenvalue weighted by molar-refractivity contribution is 7.89. The number of para-hydroxylation sites is 1. The number of amides is 1. The molecule has 0 unspecified atom stereocenters. The van der Waals surface area contributed by atoms with Crippen LogP contribution < -0.4 is 4.90 Å². The van der Waals surface area contributed by atoms with Gasteiger partial charge in [0.2, 0.25) is 10.0 Å². The predicted molar refractivity (Wildman–Crippen MR) is 127 cm³/mol. The molecule has 2 aromatic rings. The zero-order valence-electron chi connectivity index (χ0n) is 18.8. The van der Waals surface area contributed by atoms with E-state index in [-0.39, 0.29) is 27.8 Å². The van der Waals surface area contributed by atoms with Crippen molar-refractivity contribution in [2.45, 2.75) is 30.6 Å². The van der Waals surface area contributed by atoms with Crippen molar-refractivity contribution in [1.29, 1.82) is 0 Å². The number of nitro groups is 1. The van der Waals surface area contributed by atoms with E-state index in [0.29, 0.717) is 45.0 Å². The highest BCUT2D eigenvalue weighted by atomic mass is 32.2. The minimum atomic E-state index is -3.81. The fraction of sp³-hybridized carbons (Fsp3) is 0.435. The fourth-order valence-corrected chi connectivity index (χ4v) is 6.02. The van der Waals surface area contributed by atoms with Gasteiger partial charge in [0.25, 0.3) is 11.6 Å². The summed E-state index contributed by atoms with van der Waals surface area (Å²) in [5.74, 6) is -0.391. The Morgan fingerprint density at radius 3 is 2.18 bits per heavy atom. The Morgan fingerprint density at radius 1 is 0.912 bits per heavy atom. The van der Waals surface area contributed by atoms with Gasteiger partial charge in [-0.25, -0.2) is 8.42 Å². The Morgan fingerprint density at radius 2 is 1.56 bits per heavy atom. The third-order valence-electron chi connectivity index (χ3n) is 6.39. The van der Waals surface area contributed by atoms with Crippen LogP contribution in [0.2, 0.25) is 0 Å². The summed E-state index contributed by atoms with van der Waals surface area (Å²) in [4.78, 5) is 27.3. The van der Waals surface area contributed by atoms with Crippen LogP contribution in [0.1, 0.15) is 36.0 Å². The molecule has 0 aliphatic carbocycles. The summed E-state index contributed by atoms with van der Waals surface area (Å²) in [5, 5.41) is 21.8. The van der Waals surface area contributed by atoms with Crippen LogP contribution in [-0.2, 0) is 10.0 Å². The van der Waals surface area contributed by atoms with Crippen molar-refractivity contribution in [1.82, 2.24) is 9.21 Å². The molecule has 2 aliphatic rings. The van der Waals surface area contributed by atoms with Gasteiger partial charge >= 0.3 is 0 Å². The number of rotatable bonds is 5. The number of benzene rings is 2. The van der Waals surface area contributed by atoms with Crippen molar-refractivity contribution >= 4 is 27.3 Å². The van der Waals surface area contributed by atoms with Gasteiger partial charge in [-0.05, 0) is 37.1 Å². The van der Waals surface area contributed by atoms with Crippen molar-refractivity contribution in [3.05, 3.63) is 58.1 Å². The second kappa shape index (κ2) is 9.98. The number of nitrogens with zero attached hydrogens (tertiary/aromatic N) is 4. The molecular weight excluding hydrogens is 460 g/mol. The van der Waals surface area contributed by atoms with Gasteiger partial charge in [-0.15, -0.1) is 0 Å². The molecule has 1 N–H and O–H groups in total. The quantitative estimate of drug-likeness (QED) is 0.507. The molecule has 2 fully saturated rings. The molecule has 4 rings (SSSR count). The van der Waals surface area contributed by atoms with E-state index in [1.54, 1.807) is 28.0 Å². The lowest BCUT2D eigenvalue weighted by molar-refractivity contribution is -0.384. The molecule has 34 heavy (non-hydrogen) atoms. The Balaban J connectivity index is 1.52. The molecule has 0 bridgehead atoms. The maximum atomic E-state index is 13.1. The van der Waals surface area contributed by atoms with Crippen LogP contribution in [0.5, 0.6) is 5.75 Å². The number of anilines is 1. The molecule has 11 heteroatoms. The number of carbonyl (C=O) groups is 1. The zero-order valence-corrected chi connectivity index (χ0v) is 19.6. The molecule has 10 nitrogen and oxygen atoms in total. The molecule has 0 spiro atoms. The molecule has 0 aromatic heterocycles. The van der Waals surface area contributed by atoms with E-state index in [9.17, 15) is 28.4 Å². The Hall–Kier alpha value is -3.18. The standard InChI is InChI=1S/C23H28N4O6S/c28-22-8-4-3-7-19(22)23(29)25-15-13-24(14-16-25)20-10-9-18(17-21(20)27(30)31)34(32,33)26-11-5-1-2-6-12-26/h3-4,7-10,17,28H,1-2,5-6,11-16H2. The van der Waals surface area contributed by atoms with Gasteiger partial charge in [-0.3, -0.25) is 14.9 Å². The van der Waals surface area contributed by atoms with Crippen molar-refractivity contribution in [3.63, 3.8) is 0 Å². The lowest BCUT2D eigenvalue weighted by atomic mass is 10.1. The summed E-state index contributed by atoms with van der Waals surface area (Å²) >= 11 is 0. The van der Waals surface area contributed by atoms with Crippen molar-refractivity contribution in [2.24, 2.45) is 0 Å². The average Bonchev–Trinajstić information content (AvgIpc) is 3.14. The van der Waals surface area contributed by atoms with Gasteiger partial charge in [0, 0.05) is 45.3 Å². The van der Waals surface area contributed by atoms with E-state index in [2.05, 4.69) is 0 Å². The van der Waals surface area contributed by atoms with Crippen LogP contribution in [0.25, 0.3) is 0 Å². The smallest absolute Gasteiger partial charge is 0.293 e. The number of carbonyl (C=O) groups excluding carboxylic acids is 1. The number of phenolic OH excluding ortho intramolecular Hbond substituents is 1. The van der Waals surface area contributed by atoms with E-state index in [1.165, 1.54) is 22.5 Å². The number of hydrogen-bond donors (Lipinski definition) is 1. The molecule has 182 valence electrons. The van der Waals surface area contributed by atoms with Crippen molar-refractivity contribution in [3.8, 4) is 5.75 Å². The van der Waals surface area contributed by atoms with Crippen molar-refractivity contribution < 1.29 is 23.2 Å². The molecular formula is C23H28N4O6S. The van der Waals surface area contributed by atoms with Gasteiger partial charge < -0.3 is 14.9 Å². The minimum absolute atomic E-state index is 0.0711. The maximum Gasteiger partial charge on any atom is 0.293 e. The van der Waals surface area contributed by atoms with E-state index in [0.717, 1.165) is 31.7 Å². The van der Waals surface area contributed by atoms with Gasteiger partial charge in [0.05, 0.1) is 15.4 Å². The Labute approximate surface area is 198 Å². The topological polar surface area (TPSA) is 124 Å². The van der Waals surface area contributed by atoms with Gasteiger partial charge in [0.15, 0.2) is 0 Å². The number of aromatic hydroxyl groups is 1. The lowest BCUT2D eigenvalue weighted by Crippen LogP contribution is -2.49. The first-order valence-electron chi connectivity index (χ1n) is 11.4. The van der Waals surface area contributed by atoms with Crippen LogP contribution in [0.15, 0.2) is 47.4 Å². The predicted octanol–water partition coefficient (Wildman–Crippen LogP) is 2.83. The zero-order chi connectivity index (χ0) is 24.3. The molecule has 0 atom stereocenters. The second-order valence-corrected chi connectivity index (χ2v) is 10.5. The number of nitro benzene ring substituents is 1. The summed E-state index contributed by atoms with van der Waals surface area (Å²) in [6.45, 7) is 2.17. The first-order chi connectivity index (χ1) is 16.3. The monoisotopic (exact) mass is 488 g/mol. The molecule has 2 aliphatic heterocycles. The summed E-state index contributed by atoms with van der Waals surface area (Å²) in [6, 6.07) is 10.4. The van der Waals surface area contributed by atoms with Crippen LogP contribution in [0, 0.1) is 10.1 Å². The van der Waals surface area contributed by atoms with E-state index < -0.39 is 14.9 Å². The van der Waals surface area contributed by atoms with Crippen LogP contribution in [-0.4, -0.2) is 72.8 Å². The Kier molecular flexibility index (Phi) is 7.03. The van der Waals surface area contributed by atoms with Crippen LogP contribution >= 0.6 is 0 Å². The normalized spacial score (nSPS) is 17.9. The lowest BCUT2D eigenvalue weighted by Gasteiger charge is -2.36. The third kappa shape index (κ3) is 4.85. The van der Waals surface area contributed by atoms with Gasteiger partial charge in [0.1, 0.15) is 11.4 Å². The van der Waals surface area contributed by atoms with E-state index >= 15 is 0 Å². The number of phenols is 1. The first kappa shape index (κ1) is 24.0. The molecule has 1 amide bonds. The molecule has 0 saturated carbocycles. The average molecular weight is 489 g/mol. The number of sulfonamides is 1. The Bertz CT molecular complexity index is 1170.